The van der Waals surface area contributed by atoms with E-state index in [1.807, 2.05) is 37.3 Å². The fraction of sp³-hybridized carbons (Fsp3) is 0.455. The van der Waals surface area contributed by atoms with Crippen molar-refractivity contribution in [1.29, 1.82) is 0 Å². The normalized spacial score (nSPS) is 17.6. The van der Waals surface area contributed by atoms with E-state index in [-0.39, 0.29) is 11.5 Å². The molecule has 2 unspecified atom stereocenters. The Labute approximate surface area is 155 Å². The van der Waals surface area contributed by atoms with E-state index in [2.05, 4.69) is 32.0 Å². The standard InChI is InChI=1S/C22H28O4/c1-4-18(23)13-24-19-9-5-7-16(11-19)22(2,3)17-8-6-10-20(12-17)25-14-21-15-26-21/h5-12,18,21,23H,4,13-15H2,1-3H3. The van der Waals surface area contributed by atoms with Crippen molar-refractivity contribution in [3.05, 3.63) is 59.7 Å². The summed E-state index contributed by atoms with van der Waals surface area (Å²) in [6, 6.07) is 16.3. The molecule has 0 aromatic heterocycles. The summed E-state index contributed by atoms with van der Waals surface area (Å²) in [6.07, 6.45) is 0.499. The number of benzene rings is 2. The number of aliphatic hydroxyl groups excluding tert-OH is 1. The summed E-state index contributed by atoms with van der Waals surface area (Å²) < 4.78 is 16.8. The molecule has 1 aliphatic rings. The number of hydrogen-bond donors (Lipinski definition) is 1. The SMILES string of the molecule is CCC(O)COc1cccc(C(C)(C)c2cccc(OCC3CO3)c2)c1. The molecule has 0 spiro atoms. The highest BCUT2D eigenvalue weighted by Crippen LogP contribution is 2.35. The van der Waals surface area contributed by atoms with E-state index in [0.717, 1.165) is 23.7 Å². The zero-order chi connectivity index (χ0) is 18.6. The van der Waals surface area contributed by atoms with Crippen molar-refractivity contribution >= 4 is 0 Å². The van der Waals surface area contributed by atoms with E-state index in [4.69, 9.17) is 14.2 Å². The summed E-state index contributed by atoms with van der Waals surface area (Å²) in [4.78, 5) is 0. The molecule has 4 heteroatoms. The molecule has 1 saturated heterocycles. The summed E-state index contributed by atoms with van der Waals surface area (Å²) in [5.74, 6) is 1.64. The Morgan fingerprint density at radius 1 is 1.08 bits per heavy atom. The van der Waals surface area contributed by atoms with E-state index >= 15 is 0 Å². The zero-order valence-electron chi connectivity index (χ0n) is 15.8. The highest BCUT2D eigenvalue weighted by atomic mass is 16.6. The summed E-state index contributed by atoms with van der Waals surface area (Å²) in [7, 11) is 0. The maximum absolute atomic E-state index is 9.70. The molecule has 2 atom stereocenters. The van der Waals surface area contributed by atoms with Crippen LogP contribution in [-0.2, 0) is 10.2 Å². The monoisotopic (exact) mass is 356 g/mol. The van der Waals surface area contributed by atoms with E-state index in [1.165, 1.54) is 5.56 Å². The molecule has 3 rings (SSSR count). The van der Waals surface area contributed by atoms with Crippen molar-refractivity contribution < 1.29 is 19.3 Å². The lowest BCUT2D eigenvalue weighted by atomic mass is 9.78. The number of rotatable bonds is 9. The molecule has 4 nitrogen and oxygen atoms in total. The van der Waals surface area contributed by atoms with E-state index < -0.39 is 6.10 Å². The van der Waals surface area contributed by atoms with Crippen molar-refractivity contribution in [2.45, 2.75) is 44.8 Å². The van der Waals surface area contributed by atoms with Crippen LogP contribution in [0.15, 0.2) is 48.5 Å². The van der Waals surface area contributed by atoms with E-state index in [0.29, 0.717) is 19.6 Å². The van der Waals surface area contributed by atoms with Crippen LogP contribution >= 0.6 is 0 Å². The van der Waals surface area contributed by atoms with E-state index in [9.17, 15) is 5.11 Å². The fourth-order valence-corrected chi connectivity index (χ4v) is 2.78. The zero-order valence-corrected chi connectivity index (χ0v) is 15.8. The molecule has 1 N–H and O–H groups in total. The first kappa shape index (κ1) is 18.7. The second-order valence-electron chi connectivity index (χ2n) is 7.32. The first-order chi connectivity index (χ1) is 12.5. The first-order valence-electron chi connectivity index (χ1n) is 9.25. The van der Waals surface area contributed by atoms with Crippen molar-refractivity contribution in [2.75, 3.05) is 19.8 Å². The second kappa shape index (κ2) is 8.11. The Hall–Kier alpha value is -2.04. The average Bonchev–Trinajstić information content (AvgIpc) is 3.49. The molecular weight excluding hydrogens is 328 g/mol. The third-order valence-electron chi connectivity index (χ3n) is 4.86. The summed E-state index contributed by atoms with van der Waals surface area (Å²) in [6.45, 7) is 8.04. The Kier molecular flexibility index (Phi) is 5.84. The first-order valence-corrected chi connectivity index (χ1v) is 9.25. The topological polar surface area (TPSA) is 51.2 Å². The number of hydrogen-bond acceptors (Lipinski definition) is 4. The van der Waals surface area contributed by atoms with Crippen LogP contribution in [0.3, 0.4) is 0 Å². The molecule has 0 saturated carbocycles. The van der Waals surface area contributed by atoms with Gasteiger partial charge in [0.25, 0.3) is 0 Å². The molecule has 1 heterocycles. The molecule has 0 amide bonds. The molecule has 1 fully saturated rings. The van der Waals surface area contributed by atoms with Gasteiger partial charge in [0.05, 0.1) is 12.7 Å². The van der Waals surface area contributed by atoms with Gasteiger partial charge in [0.2, 0.25) is 0 Å². The van der Waals surface area contributed by atoms with Gasteiger partial charge in [-0.3, -0.25) is 0 Å². The molecule has 26 heavy (non-hydrogen) atoms. The maximum atomic E-state index is 9.70. The van der Waals surface area contributed by atoms with Gasteiger partial charge in [-0.1, -0.05) is 45.0 Å². The number of epoxide rings is 1. The highest BCUT2D eigenvalue weighted by molar-refractivity contribution is 5.43. The molecule has 2 aromatic carbocycles. The van der Waals surface area contributed by atoms with E-state index in [1.54, 1.807) is 0 Å². The van der Waals surface area contributed by atoms with Crippen LogP contribution in [0.25, 0.3) is 0 Å². The second-order valence-corrected chi connectivity index (χ2v) is 7.32. The number of ether oxygens (including phenoxy) is 3. The minimum absolute atomic E-state index is 0.196. The predicted molar refractivity (Wildman–Crippen MR) is 102 cm³/mol. The quantitative estimate of drug-likeness (QED) is 0.692. The maximum Gasteiger partial charge on any atom is 0.119 e. The van der Waals surface area contributed by atoms with Crippen LogP contribution in [0.4, 0.5) is 0 Å². The van der Waals surface area contributed by atoms with Gasteiger partial charge in [0.1, 0.15) is 30.8 Å². The lowest BCUT2D eigenvalue weighted by Crippen LogP contribution is -2.20. The molecule has 1 aliphatic heterocycles. The van der Waals surface area contributed by atoms with Gasteiger partial charge < -0.3 is 19.3 Å². The Morgan fingerprint density at radius 3 is 2.19 bits per heavy atom. The van der Waals surface area contributed by atoms with Crippen LogP contribution in [0.5, 0.6) is 11.5 Å². The minimum Gasteiger partial charge on any atom is -0.491 e. The molecule has 2 aromatic rings. The molecular formula is C22H28O4. The largest absolute Gasteiger partial charge is 0.491 e. The minimum atomic E-state index is -0.434. The predicted octanol–water partition coefficient (Wildman–Crippen LogP) is 3.94. The third-order valence-corrected chi connectivity index (χ3v) is 4.86. The Bertz CT molecular complexity index is 722. The van der Waals surface area contributed by atoms with Crippen LogP contribution in [0.2, 0.25) is 0 Å². The van der Waals surface area contributed by atoms with Crippen molar-refractivity contribution in [3.63, 3.8) is 0 Å². The van der Waals surface area contributed by atoms with Crippen LogP contribution in [-0.4, -0.2) is 37.1 Å². The Balaban J connectivity index is 1.75. The van der Waals surface area contributed by atoms with Crippen molar-refractivity contribution in [1.82, 2.24) is 0 Å². The van der Waals surface area contributed by atoms with Gasteiger partial charge in [-0.15, -0.1) is 0 Å². The van der Waals surface area contributed by atoms with Crippen molar-refractivity contribution in [3.8, 4) is 11.5 Å². The van der Waals surface area contributed by atoms with Gasteiger partial charge in [-0.05, 0) is 41.8 Å². The van der Waals surface area contributed by atoms with Crippen LogP contribution < -0.4 is 9.47 Å². The van der Waals surface area contributed by atoms with Gasteiger partial charge in [-0.2, -0.15) is 0 Å². The molecule has 140 valence electrons. The van der Waals surface area contributed by atoms with Crippen molar-refractivity contribution in [2.24, 2.45) is 0 Å². The summed E-state index contributed by atoms with van der Waals surface area (Å²) in [5, 5.41) is 9.70. The lowest BCUT2D eigenvalue weighted by molar-refractivity contribution is 0.104. The Morgan fingerprint density at radius 2 is 1.65 bits per heavy atom. The third kappa shape index (κ3) is 4.77. The highest BCUT2D eigenvalue weighted by Gasteiger charge is 2.25. The lowest BCUT2D eigenvalue weighted by Gasteiger charge is -2.27. The molecule has 0 radical (unpaired) electrons. The molecule has 0 aliphatic carbocycles. The van der Waals surface area contributed by atoms with Crippen LogP contribution in [0.1, 0.15) is 38.3 Å². The van der Waals surface area contributed by atoms with Gasteiger partial charge in [0, 0.05) is 5.41 Å². The van der Waals surface area contributed by atoms with Crippen LogP contribution in [0, 0.1) is 0 Å². The molecule has 0 bridgehead atoms. The van der Waals surface area contributed by atoms with Gasteiger partial charge in [0.15, 0.2) is 0 Å². The smallest absolute Gasteiger partial charge is 0.119 e. The van der Waals surface area contributed by atoms with Gasteiger partial charge >= 0.3 is 0 Å². The average molecular weight is 356 g/mol. The fourth-order valence-electron chi connectivity index (χ4n) is 2.78. The summed E-state index contributed by atoms with van der Waals surface area (Å²) in [5.41, 5.74) is 2.14. The summed E-state index contributed by atoms with van der Waals surface area (Å²) >= 11 is 0. The van der Waals surface area contributed by atoms with Gasteiger partial charge in [-0.25, -0.2) is 0 Å². The number of aliphatic hydroxyl groups is 1.